The molecule has 2 saturated carbocycles. The van der Waals surface area contributed by atoms with Crippen molar-refractivity contribution in [3.8, 4) is 0 Å². The summed E-state index contributed by atoms with van der Waals surface area (Å²) >= 11 is 10.8. The molecule has 0 spiro atoms. The highest BCUT2D eigenvalue weighted by atomic mass is 35.5. The quantitative estimate of drug-likeness (QED) is 0.120. The third-order valence-corrected chi connectivity index (χ3v) is 7.77. The van der Waals surface area contributed by atoms with Crippen molar-refractivity contribution in [3.05, 3.63) is 70.6 Å². The number of halogens is 2. The molecule has 2 aliphatic carbocycles. The van der Waals surface area contributed by atoms with Crippen molar-refractivity contribution in [2.24, 2.45) is 11.8 Å². The summed E-state index contributed by atoms with van der Waals surface area (Å²) in [5, 5.41) is 1.49. The lowest BCUT2D eigenvalue weighted by atomic mass is 10.1. The Balaban J connectivity index is 0.000000212. The van der Waals surface area contributed by atoms with Crippen molar-refractivity contribution in [1.82, 2.24) is 19.9 Å². The van der Waals surface area contributed by atoms with E-state index in [1.54, 1.807) is 6.92 Å². The summed E-state index contributed by atoms with van der Waals surface area (Å²) in [6.45, 7) is 1.67. The number of hydrogen-bond donors (Lipinski definition) is 2. The summed E-state index contributed by atoms with van der Waals surface area (Å²) in [6.07, 6.45) is 12.8. The standard InChI is InChI=1S/C14H16N2O3S.C14H16N2O3.CH2Cl2.CH4/c1-20-14-15-12(18)11-9(4-2-3-8-5-6-8)7-10(17)19-13(11)16-14;1-8-15-13(18)12-10(4-2-3-9-5-6-9)7-11(17)19-14(12)16-8;2-1-3;/h7-8H,2-6H2,1H3,(H,15,16,18);7,9H,2-6H2,1H3,(H,15,16,18);1H2;1H4. The van der Waals surface area contributed by atoms with Gasteiger partial charge in [-0.05, 0) is 61.8 Å². The Hall–Kier alpha value is -2.89. The van der Waals surface area contributed by atoms with Crippen LogP contribution in [0.2, 0.25) is 0 Å². The Morgan fingerprint density at radius 2 is 1.26 bits per heavy atom. The smallest absolute Gasteiger partial charge is 0.337 e. The van der Waals surface area contributed by atoms with Gasteiger partial charge in [-0.1, -0.05) is 57.7 Å². The first-order valence-corrected chi connectivity index (χ1v) is 16.3. The lowest BCUT2D eigenvalue weighted by molar-refractivity contribution is 0.540. The molecular weight excluding hydrogens is 615 g/mol. The summed E-state index contributed by atoms with van der Waals surface area (Å²) in [5.41, 5.74) is 0.453. The number of alkyl halides is 2. The number of aryl methyl sites for hydroxylation is 3. The zero-order chi connectivity index (χ0) is 30.2. The van der Waals surface area contributed by atoms with Crippen LogP contribution in [0.5, 0.6) is 0 Å². The van der Waals surface area contributed by atoms with Gasteiger partial charge in [0.2, 0.25) is 11.4 Å². The Bertz CT molecular complexity index is 1760. The van der Waals surface area contributed by atoms with Gasteiger partial charge in [-0.2, -0.15) is 9.97 Å². The Morgan fingerprint density at radius 1 is 0.814 bits per heavy atom. The van der Waals surface area contributed by atoms with Crippen molar-refractivity contribution in [2.45, 2.75) is 83.7 Å². The lowest BCUT2D eigenvalue weighted by Gasteiger charge is -2.05. The Labute approximate surface area is 263 Å². The molecule has 0 atom stereocenters. The Morgan fingerprint density at radius 3 is 1.70 bits per heavy atom. The average Bonchev–Trinajstić information content (AvgIpc) is 3.85. The number of hydrogen-bond acceptors (Lipinski definition) is 9. The fourth-order valence-electron chi connectivity index (χ4n) is 4.85. The fraction of sp³-hybridized carbons (Fsp3) is 0.533. The van der Waals surface area contributed by atoms with E-state index in [9.17, 15) is 19.2 Å². The maximum absolute atomic E-state index is 12.1. The first-order chi connectivity index (χ1) is 20.2. The predicted molar refractivity (Wildman–Crippen MR) is 173 cm³/mol. The van der Waals surface area contributed by atoms with Crippen LogP contribution >= 0.6 is 35.0 Å². The van der Waals surface area contributed by atoms with Crippen LogP contribution < -0.4 is 22.4 Å². The minimum Gasteiger partial charge on any atom is -0.403 e. The summed E-state index contributed by atoms with van der Waals surface area (Å²) in [7, 11) is 0. The molecule has 13 heteroatoms. The van der Waals surface area contributed by atoms with E-state index in [-0.39, 0.29) is 35.3 Å². The van der Waals surface area contributed by atoms with Crippen LogP contribution in [-0.2, 0) is 12.8 Å². The molecule has 4 heterocycles. The van der Waals surface area contributed by atoms with Crippen LogP contribution in [0.3, 0.4) is 0 Å². The van der Waals surface area contributed by atoms with Gasteiger partial charge in [0.1, 0.15) is 16.6 Å². The minimum absolute atomic E-state index is 0. The number of aromatic amines is 2. The average molecular weight is 654 g/mol. The molecule has 0 aliphatic heterocycles. The highest BCUT2D eigenvalue weighted by Gasteiger charge is 2.22. The number of H-pyrrole nitrogens is 2. The third-order valence-electron chi connectivity index (χ3n) is 7.19. The van der Waals surface area contributed by atoms with Gasteiger partial charge >= 0.3 is 11.3 Å². The number of aromatic nitrogens is 4. The minimum atomic E-state index is -0.441. The van der Waals surface area contributed by atoms with E-state index in [1.165, 1.54) is 56.0 Å². The van der Waals surface area contributed by atoms with Crippen molar-refractivity contribution in [3.63, 3.8) is 0 Å². The molecule has 2 fully saturated rings. The topological polar surface area (TPSA) is 152 Å². The molecule has 6 rings (SSSR count). The highest BCUT2D eigenvalue weighted by Crippen LogP contribution is 2.34. The molecule has 2 aliphatic rings. The monoisotopic (exact) mass is 652 g/mol. The first-order valence-electron chi connectivity index (χ1n) is 14.0. The number of thioether (sulfide) groups is 1. The SMILES string of the molecule is C.CSc1nc2oc(=O)cc(CCCC3CC3)c2c(=O)[nH]1.Cc1nc2oc(=O)cc(CCCC3CC3)c2c(=O)[nH]1.ClCCl. The van der Waals surface area contributed by atoms with Crippen LogP contribution in [0, 0.1) is 18.8 Å². The summed E-state index contributed by atoms with van der Waals surface area (Å²) < 4.78 is 10.1. The molecule has 0 amide bonds. The Kier molecular flexibility index (Phi) is 13.1. The van der Waals surface area contributed by atoms with Gasteiger partial charge in [0, 0.05) is 12.1 Å². The maximum Gasteiger partial charge on any atom is 0.337 e. The molecule has 234 valence electrons. The molecule has 4 aromatic rings. The zero-order valence-electron chi connectivity index (χ0n) is 23.6. The van der Waals surface area contributed by atoms with Crippen molar-refractivity contribution >= 4 is 57.2 Å². The van der Waals surface area contributed by atoms with Crippen molar-refractivity contribution in [2.75, 3.05) is 11.6 Å². The second-order valence-corrected chi connectivity index (χ2v) is 12.1. The van der Waals surface area contributed by atoms with E-state index in [0.717, 1.165) is 55.1 Å². The number of nitrogens with one attached hydrogen (secondary N) is 2. The molecule has 10 nitrogen and oxygen atoms in total. The molecule has 0 saturated heterocycles. The zero-order valence-corrected chi connectivity index (χ0v) is 25.9. The molecule has 0 radical (unpaired) electrons. The summed E-state index contributed by atoms with van der Waals surface area (Å²) in [5.74, 6) is 2.15. The van der Waals surface area contributed by atoms with Gasteiger partial charge < -0.3 is 18.8 Å². The number of fused-ring (bicyclic) bond motifs is 2. The second-order valence-electron chi connectivity index (χ2n) is 10.5. The molecule has 2 N–H and O–H groups in total. The molecule has 4 aromatic heterocycles. The fourth-order valence-corrected chi connectivity index (χ4v) is 5.22. The van der Waals surface area contributed by atoms with Crippen LogP contribution in [0.1, 0.15) is 75.7 Å². The van der Waals surface area contributed by atoms with Crippen LogP contribution in [0.4, 0.5) is 0 Å². The normalized spacial score (nSPS) is 14.0. The van der Waals surface area contributed by atoms with E-state index in [1.807, 2.05) is 6.26 Å². The van der Waals surface area contributed by atoms with Gasteiger partial charge in [0.05, 0.1) is 5.34 Å². The van der Waals surface area contributed by atoms with Gasteiger partial charge in [0.15, 0.2) is 5.16 Å². The van der Waals surface area contributed by atoms with E-state index >= 15 is 0 Å². The molecule has 0 aromatic carbocycles. The van der Waals surface area contributed by atoms with Crippen LogP contribution in [0.15, 0.2) is 45.3 Å². The number of nitrogens with zero attached hydrogens (tertiary/aromatic N) is 2. The molecular formula is C30H38Cl2N4O6S. The maximum atomic E-state index is 12.1. The van der Waals surface area contributed by atoms with E-state index in [0.29, 0.717) is 21.8 Å². The highest BCUT2D eigenvalue weighted by molar-refractivity contribution is 7.98. The summed E-state index contributed by atoms with van der Waals surface area (Å²) in [6, 6.07) is 2.84. The van der Waals surface area contributed by atoms with E-state index in [4.69, 9.17) is 32.0 Å². The lowest BCUT2D eigenvalue weighted by Crippen LogP contribution is -2.14. The predicted octanol–water partition coefficient (Wildman–Crippen LogP) is 6.31. The molecule has 0 bridgehead atoms. The first kappa shape index (κ1) is 34.6. The third kappa shape index (κ3) is 10.1. The summed E-state index contributed by atoms with van der Waals surface area (Å²) in [4.78, 5) is 60.9. The van der Waals surface area contributed by atoms with E-state index in [2.05, 4.69) is 19.9 Å². The van der Waals surface area contributed by atoms with Gasteiger partial charge in [-0.15, -0.1) is 23.2 Å². The van der Waals surface area contributed by atoms with Crippen molar-refractivity contribution < 1.29 is 8.83 Å². The van der Waals surface area contributed by atoms with Crippen LogP contribution in [-0.4, -0.2) is 31.5 Å². The second kappa shape index (κ2) is 16.3. The number of rotatable bonds is 9. The van der Waals surface area contributed by atoms with Gasteiger partial charge in [0.25, 0.3) is 11.1 Å². The van der Waals surface area contributed by atoms with Gasteiger partial charge in [-0.3, -0.25) is 9.59 Å². The van der Waals surface area contributed by atoms with Gasteiger partial charge in [-0.25, -0.2) is 9.59 Å². The largest absolute Gasteiger partial charge is 0.403 e. The van der Waals surface area contributed by atoms with E-state index < -0.39 is 11.3 Å². The molecule has 43 heavy (non-hydrogen) atoms. The van der Waals surface area contributed by atoms with Crippen molar-refractivity contribution in [1.29, 1.82) is 0 Å². The van der Waals surface area contributed by atoms with Crippen LogP contribution in [0.25, 0.3) is 22.2 Å². The molecule has 0 unspecified atom stereocenters.